The van der Waals surface area contributed by atoms with Gasteiger partial charge in [0.1, 0.15) is 0 Å². The van der Waals surface area contributed by atoms with Crippen molar-refractivity contribution in [3.05, 3.63) is 29.2 Å². The van der Waals surface area contributed by atoms with Crippen molar-refractivity contribution in [2.45, 2.75) is 38.9 Å². The lowest BCUT2D eigenvalue weighted by molar-refractivity contribution is 0.00578. The van der Waals surface area contributed by atoms with Crippen LogP contribution in [0.25, 0.3) is 6.08 Å². The first-order valence-corrected chi connectivity index (χ1v) is 6.84. The lowest BCUT2D eigenvalue weighted by Crippen LogP contribution is -2.41. The molecule has 0 atom stereocenters. The molecule has 0 aliphatic carbocycles. The number of nitrogen functional groups attached to an aromatic ring is 1. The largest absolute Gasteiger partial charge is 0.491 e. The van der Waals surface area contributed by atoms with Crippen molar-refractivity contribution in [1.29, 1.82) is 0 Å². The predicted octanol–water partition coefficient (Wildman–Crippen LogP) is 1.78. The summed E-state index contributed by atoms with van der Waals surface area (Å²) >= 11 is 0. The third kappa shape index (κ3) is 3.10. The smallest absolute Gasteiger partial charge is 0.400 e. The summed E-state index contributed by atoms with van der Waals surface area (Å²) in [5.41, 5.74) is 12.0. The lowest BCUT2D eigenvalue weighted by Gasteiger charge is -2.32. The van der Waals surface area contributed by atoms with E-state index in [9.17, 15) is 4.39 Å². The molecule has 0 amide bonds. The second-order valence-corrected chi connectivity index (χ2v) is 6.12. The second-order valence-electron chi connectivity index (χ2n) is 6.12. The van der Waals surface area contributed by atoms with E-state index in [2.05, 4.69) is 4.98 Å². The fourth-order valence-corrected chi connectivity index (χ4v) is 1.97. The fraction of sp³-hybridized carbons (Fsp3) is 0.500. The maximum absolute atomic E-state index is 13.2. The van der Waals surface area contributed by atoms with Gasteiger partial charge in [-0.25, -0.2) is 4.98 Å². The SMILES string of the molecule is CC1(C)OB(C(=Cc2nc(F)ccc2N)CN)OC1(C)C. The molecule has 2 rings (SSSR count). The number of rotatable bonds is 3. The Bertz CT molecular complexity index is 559. The van der Waals surface area contributed by atoms with Gasteiger partial charge in [-0.3, -0.25) is 0 Å². The van der Waals surface area contributed by atoms with Gasteiger partial charge in [0, 0.05) is 6.54 Å². The third-order valence-corrected chi connectivity index (χ3v) is 4.04. The van der Waals surface area contributed by atoms with Crippen molar-refractivity contribution in [2.75, 3.05) is 12.3 Å². The van der Waals surface area contributed by atoms with E-state index < -0.39 is 24.3 Å². The molecule has 4 N–H and O–H groups in total. The number of pyridine rings is 1. The average Bonchev–Trinajstić information content (AvgIpc) is 2.59. The van der Waals surface area contributed by atoms with E-state index in [1.54, 1.807) is 6.08 Å². The van der Waals surface area contributed by atoms with Crippen LogP contribution in [-0.4, -0.2) is 29.8 Å². The Labute approximate surface area is 124 Å². The van der Waals surface area contributed by atoms with Gasteiger partial charge in [-0.05, 0) is 51.4 Å². The molecule has 2 heterocycles. The number of halogens is 1. The normalized spacial score (nSPS) is 20.9. The molecule has 21 heavy (non-hydrogen) atoms. The van der Waals surface area contributed by atoms with Crippen LogP contribution >= 0.6 is 0 Å². The summed E-state index contributed by atoms with van der Waals surface area (Å²) in [5, 5.41) is 0. The molecule has 0 radical (unpaired) electrons. The average molecular weight is 293 g/mol. The molecule has 1 aliphatic heterocycles. The standard InChI is InChI=1S/C14H21BFN3O2/c1-13(2)14(3,4)21-15(20-13)9(8-17)7-11-10(18)5-6-12(16)19-11/h5-7H,8,17-18H2,1-4H3. The summed E-state index contributed by atoms with van der Waals surface area (Å²) in [6.45, 7) is 8.02. The van der Waals surface area contributed by atoms with Crippen molar-refractivity contribution in [2.24, 2.45) is 5.73 Å². The van der Waals surface area contributed by atoms with Gasteiger partial charge in [0.25, 0.3) is 0 Å². The highest BCUT2D eigenvalue weighted by Gasteiger charge is 2.52. The molecule has 0 saturated carbocycles. The molecule has 1 aromatic heterocycles. The fourth-order valence-electron chi connectivity index (χ4n) is 1.97. The van der Waals surface area contributed by atoms with Crippen molar-refractivity contribution < 1.29 is 13.7 Å². The van der Waals surface area contributed by atoms with E-state index in [4.69, 9.17) is 20.8 Å². The zero-order valence-electron chi connectivity index (χ0n) is 12.8. The Morgan fingerprint density at radius 2 is 1.86 bits per heavy atom. The van der Waals surface area contributed by atoms with E-state index in [0.717, 1.165) is 0 Å². The zero-order chi connectivity index (χ0) is 15.8. The van der Waals surface area contributed by atoms with Crippen LogP contribution < -0.4 is 11.5 Å². The van der Waals surface area contributed by atoms with Gasteiger partial charge in [0.2, 0.25) is 5.95 Å². The van der Waals surface area contributed by atoms with Crippen molar-refractivity contribution >= 4 is 18.9 Å². The van der Waals surface area contributed by atoms with Gasteiger partial charge in [0.05, 0.1) is 22.6 Å². The van der Waals surface area contributed by atoms with Gasteiger partial charge < -0.3 is 20.8 Å². The minimum Gasteiger partial charge on any atom is -0.400 e. The molecular formula is C14H21BFN3O2. The molecule has 0 aromatic carbocycles. The maximum atomic E-state index is 13.2. The van der Waals surface area contributed by atoms with E-state index in [0.29, 0.717) is 16.9 Å². The van der Waals surface area contributed by atoms with Crippen LogP contribution in [0, 0.1) is 5.95 Å². The monoisotopic (exact) mass is 293 g/mol. The van der Waals surface area contributed by atoms with E-state index in [1.807, 2.05) is 27.7 Å². The van der Waals surface area contributed by atoms with Gasteiger partial charge in [-0.15, -0.1) is 0 Å². The predicted molar refractivity (Wildman–Crippen MR) is 81.7 cm³/mol. The molecule has 0 bridgehead atoms. The summed E-state index contributed by atoms with van der Waals surface area (Å²) < 4.78 is 25.1. The summed E-state index contributed by atoms with van der Waals surface area (Å²) in [4.78, 5) is 3.77. The van der Waals surface area contributed by atoms with Crippen molar-refractivity contribution in [3.8, 4) is 0 Å². The number of nitrogens with two attached hydrogens (primary N) is 2. The minimum absolute atomic E-state index is 0.203. The molecule has 1 saturated heterocycles. The Morgan fingerprint density at radius 1 is 1.29 bits per heavy atom. The van der Waals surface area contributed by atoms with Gasteiger partial charge in [0.15, 0.2) is 0 Å². The molecule has 0 spiro atoms. The molecule has 5 nitrogen and oxygen atoms in total. The maximum Gasteiger partial charge on any atom is 0.491 e. The van der Waals surface area contributed by atoms with Crippen LogP contribution in [0.5, 0.6) is 0 Å². The Balaban J connectivity index is 2.33. The number of aromatic nitrogens is 1. The van der Waals surface area contributed by atoms with Gasteiger partial charge in [-0.1, -0.05) is 0 Å². The highest BCUT2D eigenvalue weighted by atomic mass is 19.1. The summed E-state index contributed by atoms with van der Waals surface area (Å²) in [7, 11) is -0.593. The summed E-state index contributed by atoms with van der Waals surface area (Å²) in [6, 6.07) is 2.68. The van der Waals surface area contributed by atoms with Crippen LogP contribution in [0.1, 0.15) is 33.4 Å². The Hall–Kier alpha value is -1.44. The first kappa shape index (κ1) is 15.9. The molecule has 1 aromatic rings. The summed E-state index contributed by atoms with van der Waals surface area (Å²) in [6.07, 6.45) is 1.63. The van der Waals surface area contributed by atoms with Crippen LogP contribution in [0.3, 0.4) is 0 Å². The number of anilines is 1. The van der Waals surface area contributed by atoms with Gasteiger partial charge >= 0.3 is 7.12 Å². The number of nitrogens with zero attached hydrogens (tertiary/aromatic N) is 1. The van der Waals surface area contributed by atoms with Crippen molar-refractivity contribution in [1.82, 2.24) is 4.98 Å². The zero-order valence-corrected chi connectivity index (χ0v) is 12.8. The molecule has 1 fully saturated rings. The highest BCUT2D eigenvalue weighted by molar-refractivity contribution is 6.55. The van der Waals surface area contributed by atoms with E-state index in [-0.39, 0.29) is 6.54 Å². The molecule has 114 valence electrons. The first-order valence-electron chi connectivity index (χ1n) is 6.84. The van der Waals surface area contributed by atoms with E-state index >= 15 is 0 Å². The Morgan fingerprint density at radius 3 is 2.38 bits per heavy atom. The number of hydrogen-bond acceptors (Lipinski definition) is 5. The molecule has 0 unspecified atom stereocenters. The highest BCUT2D eigenvalue weighted by Crippen LogP contribution is 2.38. The third-order valence-electron chi connectivity index (χ3n) is 4.04. The van der Waals surface area contributed by atoms with E-state index in [1.165, 1.54) is 12.1 Å². The van der Waals surface area contributed by atoms with Crippen LogP contribution in [-0.2, 0) is 9.31 Å². The topological polar surface area (TPSA) is 83.4 Å². The number of hydrogen-bond donors (Lipinski definition) is 2. The van der Waals surface area contributed by atoms with Crippen LogP contribution in [0.15, 0.2) is 17.6 Å². The first-order chi connectivity index (χ1) is 9.66. The minimum atomic E-state index is -0.597. The molecule has 7 heteroatoms. The summed E-state index contributed by atoms with van der Waals surface area (Å²) in [5.74, 6) is -0.597. The lowest BCUT2D eigenvalue weighted by atomic mass is 9.77. The van der Waals surface area contributed by atoms with Crippen LogP contribution in [0.2, 0.25) is 0 Å². The Kier molecular flexibility index (Phi) is 4.10. The molecular weight excluding hydrogens is 272 g/mol. The van der Waals surface area contributed by atoms with Gasteiger partial charge in [-0.2, -0.15) is 4.39 Å². The molecule has 1 aliphatic rings. The second kappa shape index (κ2) is 5.40. The van der Waals surface area contributed by atoms with Crippen molar-refractivity contribution in [3.63, 3.8) is 0 Å². The van der Waals surface area contributed by atoms with Crippen LogP contribution in [0.4, 0.5) is 10.1 Å². The quantitative estimate of drug-likeness (QED) is 0.655.